The van der Waals surface area contributed by atoms with Crippen molar-refractivity contribution < 1.29 is 9.21 Å². The van der Waals surface area contributed by atoms with Crippen molar-refractivity contribution in [1.82, 2.24) is 10.2 Å². The molecule has 3 rings (SSSR count). The summed E-state index contributed by atoms with van der Waals surface area (Å²) in [6.45, 7) is 0. The summed E-state index contributed by atoms with van der Waals surface area (Å²) in [5, 5.41) is 10.2. The number of amides is 1. The average molecular weight is 419 g/mol. The number of benzene rings is 1. The van der Waals surface area contributed by atoms with E-state index < -0.39 is 0 Å². The van der Waals surface area contributed by atoms with Gasteiger partial charge >= 0.3 is 6.01 Å². The van der Waals surface area contributed by atoms with Crippen LogP contribution >= 0.6 is 50.5 Å². The van der Waals surface area contributed by atoms with Crippen LogP contribution in [-0.2, 0) is 0 Å². The molecule has 1 amide bonds. The zero-order chi connectivity index (χ0) is 15.7. The maximum atomic E-state index is 12.1. The highest BCUT2D eigenvalue weighted by Crippen LogP contribution is 2.37. The van der Waals surface area contributed by atoms with Gasteiger partial charge in [0.05, 0.1) is 15.5 Å². The Labute approximate surface area is 147 Å². The van der Waals surface area contributed by atoms with Crippen LogP contribution in [0, 0.1) is 0 Å². The summed E-state index contributed by atoms with van der Waals surface area (Å²) in [6, 6.07) is 8.61. The van der Waals surface area contributed by atoms with E-state index in [1.807, 2.05) is 6.07 Å². The Balaban J connectivity index is 1.82. The molecule has 0 unspecified atom stereocenters. The number of carbonyl (C=O) groups is 1. The van der Waals surface area contributed by atoms with Crippen LogP contribution in [0.5, 0.6) is 0 Å². The van der Waals surface area contributed by atoms with Crippen molar-refractivity contribution >= 4 is 62.4 Å². The van der Waals surface area contributed by atoms with Crippen molar-refractivity contribution in [3.8, 4) is 11.5 Å². The molecule has 2 heterocycles. The number of anilines is 1. The quantitative estimate of drug-likeness (QED) is 0.640. The Bertz CT molecular complexity index is 849. The number of nitrogens with one attached hydrogen (secondary N) is 1. The molecule has 5 nitrogen and oxygen atoms in total. The molecule has 2 aromatic heterocycles. The van der Waals surface area contributed by atoms with Gasteiger partial charge in [0, 0.05) is 4.47 Å². The van der Waals surface area contributed by atoms with Crippen molar-refractivity contribution in [2.75, 3.05) is 5.32 Å². The summed E-state index contributed by atoms with van der Waals surface area (Å²) in [4.78, 5) is 12.1. The van der Waals surface area contributed by atoms with E-state index in [9.17, 15) is 4.79 Å². The zero-order valence-corrected chi connectivity index (χ0v) is 14.6. The lowest BCUT2D eigenvalue weighted by Gasteiger charge is -2.02. The number of hydrogen-bond donors (Lipinski definition) is 1. The predicted octanol–water partition coefficient (Wildman–Crippen LogP) is 5.12. The molecule has 0 saturated heterocycles. The van der Waals surface area contributed by atoms with Gasteiger partial charge in [-0.15, -0.1) is 16.4 Å². The van der Waals surface area contributed by atoms with Crippen molar-refractivity contribution in [2.45, 2.75) is 0 Å². The maximum absolute atomic E-state index is 12.1. The van der Waals surface area contributed by atoms with Gasteiger partial charge in [0.1, 0.15) is 4.34 Å². The molecule has 0 fully saturated rings. The van der Waals surface area contributed by atoms with E-state index in [1.165, 1.54) is 11.3 Å². The van der Waals surface area contributed by atoms with Crippen LogP contribution in [0.4, 0.5) is 6.01 Å². The van der Waals surface area contributed by atoms with Gasteiger partial charge < -0.3 is 4.42 Å². The van der Waals surface area contributed by atoms with Crippen molar-refractivity contribution in [1.29, 1.82) is 0 Å². The van der Waals surface area contributed by atoms with Crippen molar-refractivity contribution in [2.24, 2.45) is 0 Å². The summed E-state index contributed by atoms with van der Waals surface area (Å²) in [7, 11) is 0. The summed E-state index contributed by atoms with van der Waals surface area (Å²) in [5.74, 6) is -0.173. The van der Waals surface area contributed by atoms with Gasteiger partial charge in [-0.2, -0.15) is 0 Å². The largest absolute Gasteiger partial charge is 0.403 e. The van der Waals surface area contributed by atoms with E-state index in [0.717, 1.165) is 0 Å². The third-order valence-corrected chi connectivity index (χ3v) is 4.83. The average Bonchev–Trinajstić information content (AvgIpc) is 3.05. The Morgan fingerprint density at radius 3 is 2.73 bits per heavy atom. The number of carbonyl (C=O) groups excluding carboxylic acids is 1. The third-order valence-electron chi connectivity index (χ3n) is 2.65. The van der Waals surface area contributed by atoms with Gasteiger partial charge in [-0.25, -0.2) is 0 Å². The summed E-state index contributed by atoms with van der Waals surface area (Å²) in [5.41, 5.74) is 0.990. The molecule has 0 bridgehead atoms. The Morgan fingerprint density at radius 2 is 2.05 bits per heavy atom. The first-order chi connectivity index (χ1) is 10.5. The molecule has 9 heteroatoms. The van der Waals surface area contributed by atoms with E-state index in [-0.39, 0.29) is 17.8 Å². The molecule has 0 radical (unpaired) electrons. The summed E-state index contributed by atoms with van der Waals surface area (Å²) < 4.78 is 7.01. The number of aromatic nitrogens is 2. The molecular weight excluding hydrogens is 413 g/mol. The Hall–Kier alpha value is -1.41. The van der Waals surface area contributed by atoms with Crippen LogP contribution in [0.3, 0.4) is 0 Å². The normalized spacial score (nSPS) is 10.7. The Morgan fingerprint density at radius 1 is 1.27 bits per heavy atom. The topological polar surface area (TPSA) is 68.0 Å². The first-order valence-electron chi connectivity index (χ1n) is 5.89. The van der Waals surface area contributed by atoms with Gasteiger partial charge in [-0.05, 0) is 34.1 Å². The smallest absolute Gasteiger partial charge is 0.322 e. The second kappa shape index (κ2) is 6.37. The van der Waals surface area contributed by atoms with E-state index in [0.29, 0.717) is 24.3 Å². The molecule has 0 aliphatic rings. The van der Waals surface area contributed by atoms with Crippen LogP contribution in [0.2, 0.25) is 8.67 Å². The SMILES string of the molecule is O=C(Nc1nnc(-c2cc(Cl)sc2Cl)o1)c1ccccc1Br. The van der Waals surface area contributed by atoms with Crippen LogP contribution in [-0.4, -0.2) is 16.1 Å². The lowest BCUT2D eigenvalue weighted by atomic mass is 10.2. The molecular formula is C13H6BrCl2N3O2S. The number of halogens is 3. The highest BCUT2D eigenvalue weighted by Gasteiger charge is 2.17. The number of hydrogen-bond acceptors (Lipinski definition) is 5. The molecule has 0 spiro atoms. The highest BCUT2D eigenvalue weighted by molar-refractivity contribution is 9.10. The number of rotatable bonds is 3. The molecule has 112 valence electrons. The predicted molar refractivity (Wildman–Crippen MR) is 89.7 cm³/mol. The summed E-state index contributed by atoms with van der Waals surface area (Å²) >= 11 is 16.4. The molecule has 0 atom stereocenters. The molecule has 22 heavy (non-hydrogen) atoms. The highest BCUT2D eigenvalue weighted by atomic mass is 79.9. The fourth-order valence-electron chi connectivity index (χ4n) is 1.68. The monoisotopic (exact) mass is 417 g/mol. The van der Waals surface area contributed by atoms with Crippen molar-refractivity contribution in [3.05, 3.63) is 49.0 Å². The van der Waals surface area contributed by atoms with Crippen LogP contribution in [0.1, 0.15) is 10.4 Å². The molecule has 0 saturated carbocycles. The maximum Gasteiger partial charge on any atom is 0.322 e. The van der Waals surface area contributed by atoms with Crippen LogP contribution in [0.25, 0.3) is 11.5 Å². The standard InChI is InChI=1S/C13H6BrCl2N3O2S/c14-8-4-2-1-3-6(8)11(20)17-13-19-18-12(21-13)7-5-9(15)22-10(7)16/h1-5H,(H,17,19,20). The minimum atomic E-state index is -0.364. The lowest BCUT2D eigenvalue weighted by molar-refractivity contribution is 0.102. The van der Waals surface area contributed by atoms with Gasteiger partial charge in [0.2, 0.25) is 0 Å². The third kappa shape index (κ3) is 3.17. The van der Waals surface area contributed by atoms with Gasteiger partial charge in [-0.1, -0.05) is 40.4 Å². The first kappa shape index (κ1) is 15.5. The number of thiophene rings is 1. The molecule has 1 N–H and O–H groups in total. The Kier molecular flexibility index (Phi) is 4.49. The summed E-state index contributed by atoms with van der Waals surface area (Å²) in [6.07, 6.45) is 0. The molecule has 1 aromatic carbocycles. The van der Waals surface area contributed by atoms with E-state index >= 15 is 0 Å². The van der Waals surface area contributed by atoms with Crippen molar-refractivity contribution in [3.63, 3.8) is 0 Å². The second-order valence-electron chi connectivity index (χ2n) is 4.08. The zero-order valence-electron chi connectivity index (χ0n) is 10.6. The minimum absolute atomic E-state index is 0.0193. The minimum Gasteiger partial charge on any atom is -0.403 e. The van der Waals surface area contributed by atoms with E-state index in [2.05, 4.69) is 31.4 Å². The van der Waals surface area contributed by atoms with Gasteiger partial charge in [0.15, 0.2) is 0 Å². The van der Waals surface area contributed by atoms with E-state index in [1.54, 1.807) is 24.3 Å². The first-order valence-corrected chi connectivity index (χ1v) is 8.25. The van der Waals surface area contributed by atoms with Crippen LogP contribution in [0.15, 0.2) is 39.2 Å². The number of nitrogens with zero attached hydrogens (tertiary/aromatic N) is 2. The fourth-order valence-corrected chi connectivity index (χ4v) is 3.59. The fraction of sp³-hybridized carbons (Fsp3) is 0. The van der Waals surface area contributed by atoms with Crippen LogP contribution < -0.4 is 5.32 Å². The lowest BCUT2D eigenvalue weighted by Crippen LogP contribution is -2.12. The second-order valence-corrected chi connectivity index (χ2v) is 7.22. The van der Waals surface area contributed by atoms with Gasteiger partial charge in [-0.3, -0.25) is 10.1 Å². The van der Waals surface area contributed by atoms with Gasteiger partial charge in [0.25, 0.3) is 11.8 Å². The molecule has 0 aliphatic carbocycles. The molecule has 0 aliphatic heterocycles. The molecule has 3 aromatic rings. The van der Waals surface area contributed by atoms with E-state index in [4.69, 9.17) is 27.6 Å².